The second-order valence-electron chi connectivity index (χ2n) is 10.2. The summed E-state index contributed by atoms with van der Waals surface area (Å²) in [5, 5.41) is 2.95. The van der Waals surface area contributed by atoms with E-state index in [9.17, 15) is 22.8 Å². The Bertz CT molecular complexity index is 1530. The number of nitrogens with zero attached hydrogens (tertiary/aromatic N) is 1. The zero-order valence-corrected chi connectivity index (χ0v) is 24.5. The average Bonchev–Trinajstić information content (AvgIpc) is 2.91. The van der Waals surface area contributed by atoms with Gasteiger partial charge in [0.05, 0.1) is 20.1 Å². The molecule has 0 aliphatic heterocycles. The van der Waals surface area contributed by atoms with E-state index in [-0.39, 0.29) is 22.8 Å². The van der Waals surface area contributed by atoms with E-state index in [0.29, 0.717) is 6.42 Å². The van der Waals surface area contributed by atoms with Crippen molar-refractivity contribution in [2.75, 3.05) is 20.8 Å². The minimum absolute atomic E-state index is 0.0321. The molecule has 0 bridgehead atoms. The lowest BCUT2D eigenvalue weighted by Crippen LogP contribution is -2.47. The fourth-order valence-electron chi connectivity index (χ4n) is 3.98. The lowest BCUT2D eigenvalue weighted by atomic mass is 10.0. The Morgan fingerprint density at radius 2 is 1.71 bits per heavy atom. The second-order valence-corrected chi connectivity index (χ2v) is 11.9. The molecule has 12 heteroatoms. The molecule has 0 aliphatic rings. The van der Waals surface area contributed by atoms with Crippen molar-refractivity contribution in [3.63, 3.8) is 0 Å². The first-order chi connectivity index (χ1) is 19.2. The summed E-state index contributed by atoms with van der Waals surface area (Å²) in [6.07, 6.45) is -0.136. The van der Waals surface area contributed by atoms with E-state index in [0.717, 1.165) is 27.5 Å². The van der Waals surface area contributed by atoms with Gasteiger partial charge in [-0.2, -0.15) is 4.72 Å². The summed E-state index contributed by atoms with van der Waals surface area (Å²) in [7, 11) is -1.90. The molecule has 0 saturated heterocycles. The van der Waals surface area contributed by atoms with E-state index in [1.165, 1.54) is 26.3 Å². The molecule has 0 aromatic heterocycles. The number of hydroxylamine groups is 2. The van der Waals surface area contributed by atoms with E-state index in [1.807, 2.05) is 42.5 Å². The van der Waals surface area contributed by atoms with Gasteiger partial charge in [-0.25, -0.2) is 13.5 Å². The molecular weight excluding hydrogens is 550 g/mol. The van der Waals surface area contributed by atoms with Gasteiger partial charge < -0.3 is 15.2 Å². The number of hydrogen-bond acceptors (Lipinski definition) is 8. The molecule has 3 N–H and O–H groups in total. The smallest absolute Gasteiger partial charge is 0.325 e. The van der Waals surface area contributed by atoms with E-state index in [1.54, 1.807) is 20.8 Å². The molecule has 0 aliphatic carbocycles. The number of carbonyl (C=O) groups is 3. The molecule has 1 atom stereocenters. The predicted molar refractivity (Wildman–Crippen MR) is 152 cm³/mol. The van der Waals surface area contributed by atoms with Gasteiger partial charge in [0.1, 0.15) is 22.3 Å². The first-order valence-electron chi connectivity index (χ1n) is 12.8. The maximum absolute atomic E-state index is 13.6. The van der Waals surface area contributed by atoms with Crippen LogP contribution >= 0.6 is 0 Å². The topological polar surface area (TPSA) is 154 Å². The van der Waals surface area contributed by atoms with Crippen LogP contribution < -0.4 is 15.2 Å². The second kappa shape index (κ2) is 13.1. The number of fused-ring (bicyclic) bond motifs is 1. The molecule has 3 aromatic carbocycles. The fourth-order valence-corrected chi connectivity index (χ4v) is 5.29. The lowest BCUT2D eigenvalue weighted by molar-refractivity contribution is -0.172. The van der Waals surface area contributed by atoms with Crippen molar-refractivity contribution in [3.8, 4) is 5.75 Å². The first-order valence-corrected chi connectivity index (χ1v) is 14.3. The SMILES string of the molecule is CON(C)C(=O)CC(NS(=O)(=O)c1ccc(C(N)=O)cc1OCCc1cccc2ccccc12)C(=O)OC(C)(C)C. The van der Waals surface area contributed by atoms with Gasteiger partial charge in [0.15, 0.2) is 0 Å². The van der Waals surface area contributed by atoms with Crippen LogP contribution in [0.4, 0.5) is 0 Å². The maximum atomic E-state index is 13.6. The molecule has 1 unspecified atom stereocenters. The fraction of sp³-hybridized carbons (Fsp3) is 0.345. The highest BCUT2D eigenvalue weighted by atomic mass is 32.2. The minimum Gasteiger partial charge on any atom is -0.492 e. The van der Waals surface area contributed by atoms with E-state index < -0.39 is 45.9 Å². The Balaban J connectivity index is 1.91. The van der Waals surface area contributed by atoms with Gasteiger partial charge in [0, 0.05) is 19.0 Å². The van der Waals surface area contributed by atoms with E-state index >= 15 is 0 Å². The third kappa shape index (κ3) is 8.49. The summed E-state index contributed by atoms with van der Waals surface area (Å²) in [6, 6.07) is 15.7. The normalized spacial score (nSPS) is 12.5. The molecular formula is C29H35N3O8S. The van der Waals surface area contributed by atoms with Crippen molar-refractivity contribution in [2.45, 2.75) is 50.2 Å². The molecule has 41 heavy (non-hydrogen) atoms. The van der Waals surface area contributed by atoms with Gasteiger partial charge in [-0.05, 0) is 55.3 Å². The number of primary amides is 1. The monoisotopic (exact) mass is 585 g/mol. The zero-order chi connectivity index (χ0) is 30.4. The summed E-state index contributed by atoms with van der Waals surface area (Å²) in [5.74, 6) is -2.54. The number of nitrogens with one attached hydrogen (secondary N) is 1. The maximum Gasteiger partial charge on any atom is 0.325 e. The third-order valence-corrected chi connectivity index (χ3v) is 7.53. The molecule has 0 radical (unpaired) electrons. The Morgan fingerprint density at radius 3 is 2.37 bits per heavy atom. The summed E-state index contributed by atoms with van der Waals surface area (Å²) >= 11 is 0. The van der Waals surface area contributed by atoms with Gasteiger partial charge in [-0.1, -0.05) is 42.5 Å². The van der Waals surface area contributed by atoms with Gasteiger partial charge in [-0.3, -0.25) is 19.2 Å². The van der Waals surface area contributed by atoms with Crippen LogP contribution in [0.1, 0.15) is 43.1 Å². The third-order valence-electron chi connectivity index (χ3n) is 6.02. The van der Waals surface area contributed by atoms with Crippen molar-refractivity contribution in [1.82, 2.24) is 9.79 Å². The molecule has 3 rings (SSSR count). The Kier molecular flexibility index (Phi) is 10.1. The highest BCUT2D eigenvalue weighted by molar-refractivity contribution is 7.89. The van der Waals surface area contributed by atoms with Gasteiger partial charge in [0.25, 0.3) is 0 Å². The predicted octanol–water partition coefficient (Wildman–Crippen LogP) is 2.96. The number of esters is 1. The molecule has 0 heterocycles. The zero-order valence-electron chi connectivity index (χ0n) is 23.7. The van der Waals surface area contributed by atoms with Crippen molar-refractivity contribution < 1.29 is 37.1 Å². The molecule has 220 valence electrons. The van der Waals surface area contributed by atoms with Crippen LogP contribution in [0.3, 0.4) is 0 Å². The largest absolute Gasteiger partial charge is 0.492 e. The number of hydrogen-bond donors (Lipinski definition) is 2. The van der Waals surface area contributed by atoms with Crippen LogP contribution in [0.2, 0.25) is 0 Å². The Labute approximate surface area is 239 Å². The van der Waals surface area contributed by atoms with Crippen molar-refractivity contribution >= 4 is 38.6 Å². The van der Waals surface area contributed by atoms with Crippen molar-refractivity contribution in [2.24, 2.45) is 5.73 Å². The molecule has 2 amide bonds. The average molecular weight is 586 g/mol. The van der Waals surface area contributed by atoms with Gasteiger partial charge >= 0.3 is 5.97 Å². The minimum atomic E-state index is -4.48. The standard InChI is InChI=1S/C29H35N3O8S/c1-29(2,3)40-28(35)23(18-26(33)32(4)38-5)31-41(36,37)25-14-13-21(27(30)34)17-24(25)39-16-15-20-11-8-10-19-9-6-7-12-22(19)20/h6-14,17,23,31H,15-16,18H2,1-5H3,(H2,30,34). The number of amides is 2. The van der Waals surface area contributed by atoms with Crippen molar-refractivity contribution in [3.05, 3.63) is 71.8 Å². The number of carbonyl (C=O) groups excluding carboxylic acids is 3. The summed E-state index contributed by atoms with van der Waals surface area (Å²) in [4.78, 5) is 41.8. The lowest BCUT2D eigenvalue weighted by Gasteiger charge is -2.25. The molecule has 0 fully saturated rings. The number of rotatable bonds is 12. The number of ether oxygens (including phenoxy) is 2. The Morgan fingerprint density at radius 1 is 1.02 bits per heavy atom. The number of benzene rings is 3. The van der Waals surface area contributed by atoms with Crippen LogP contribution in [0.15, 0.2) is 65.6 Å². The van der Waals surface area contributed by atoms with Crippen LogP contribution in [-0.2, 0) is 35.6 Å². The number of sulfonamides is 1. The van der Waals surface area contributed by atoms with Gasteiger partial charge in [-0.15, -0.1) is 0 Å². The highest BCUT2D eigenvalue weighted by Crippen LogP contribution is 2.27. The summed E-state index contributed by atoms with van der Waals surface area (Å²) in [5.41, 5.74) is 5.50. The van der Waals surface area contributed by atoms with Crippen molar-refractivity contribution in [1.29, 1.82) is 0 Å². The quantitative estimate of drug-likeness (QED) is 0.243. The summed E-state index contributed by atoms with van der Waals surface area (Å²) in [6.45, 7) is 4.92. The van der Waals surface area contributed by atoms with E-state index in [2.05, 4.69) is 4.72 Å². The molecule has 0 spiro atoms. The molecule has 11 nitrogen and oxygen atoms in total. The van der Waals surface area contributed by atoms with Crippen LogP contribution in [0, 0.1) is 0 Å². The molecule has 0 saturated carbocycles. The summed E-state index contributed by atoms with van der Waals surface area (Å²) < 4.78 is 40.7. The highest BCUT2D eigenvalue weighted by Gasteiger charge is 2.34. The first kappa shape index (κ1) is 31.5. The Hall–Kier alpha value is -4.00. The van der Waals surface area contributed by atoms with Crippen LogP contribution in [0.25, 0.3) is 10.8 Å². The van der Waals surface area contributed by atoms with Gasteiger partial charge in [0.2, 0.25) is 21.8 Å². The number of nitrogens with two attached hydrogens (primary N) is 1. The van der Waals surface area contributed by atoms with E-state index in [4.69, 9.17) is 20.0 Å². The molecule has 3 aromatic rings. The van der Waals surface area contributed by atoms with Crippen LogP contribution in [-0.4, -0.2) is 63.7 Å². The van der Waals surface area contributed by atoms with Crippen LogP contribution in [0.5, 0.6) is 5.75 Å².